The Hall–Kier alpha value is -0.740. The van der Waals surface area contributed by atoms with Gasteiger partial charge in [0.15, 0.2) is 0 Å². The first-order valence-corrected chi connectivity index (χ1v) is 6.45. The molecule has 0 aliphatic rings. The zero-order valence-electron chi connectivity index (χ0n) is 9.76. The lowest BCUT2D eigenvalue weighted by Crippen LogP contribution is -2.10. The zero-order chi connectivity index (χ0) is 12.8. The van der Waals surface area contributed by atoms with E-state index >= 15 is 0 Å². The lowest BCUT2D eigenvalue weighted by Gasteiger charge is -2.11. The van der Waals surface area contributed by atoms with Crippen molar-refractivity contribution in [2.45, 2.75) is 20.3 Å². The fourth-order valence-electron chi connectivity index (χ4n) is 1.34. The maximum Gasteiger partial charge on any atom is 0.309 e. The van der Waals surface area contributed by atoms with E-state index in [2.05, 4.69) is 15.9 Å². The molecule has 0 aliphatic heterocycles. The summed E-state index contributed by atoms with van der Waals surface area (Å²) < 4.78 is 11.2. The highest BCUT2D eigenvalue weighted by atomic mass is 79.9. The van der Waals surface area contributed by atoms with Crippen LogP contribution < -0.4 is 4.74 Å². The first kappa shape index (κ1) is 14.3. The van der Waals surface area contributed by atoms with Gasteiger partial charge in [-0.15, -0.1) is 0 Å². The van der Waals surface area contributed by atoms with Crippen molar-refractivity contribution in [3.8, 4) is 5.75 Å². The van der Waals surface area contributed by atoms with Crippen molar-refractivity contribution >= 4 is 33.5 Å². The van der Waals surface area contributed by atoms with E-state index in [9.17, 15) is 4.79 Å². The molecule has 0 amide bonds. The molecule has 1 aromatic rings. The Morgan fingerprint density at radius 2 is 2.18 bits per heavy atom. The van der Waals surface area contributed by atoms with Crippen LogP contribution in [0, 0.1) is 6.92 Å². The summed E-state index contributed by atoms with van der Waals surface area (Å²) in [6, 6.07) is 3.67. The minimum absolute atomic E-state index is 0.222. The fraction of sp³-hybridized carbons (Fsp3) is 0.417. The van der Waals surface area contributed by atoms with Crippen LogP contribution in [0.15, 0.2) is 16.6 Å². The predicted molar refractivity (Wildman–Crippen MR) is 70.6 cm³/mol. The number of aryl methyl sites for hydroxylation is 1. The molecule has 94 valence electrons. The Morgan fingerprint density at radius 1 is 1.47 bits per heavy atom. The van der Waals surface area contributed by atoms with E-state index < -0.39 is 0 Å². The standard InChI is InChI=1S/C12H14BrClO3/c1-3-16-11(15)4-5-17-12-8(2)6-9(13)7-10(12)14/h6-7H,3-5H2,1-2H3. The maximum absolute atomic E-state index is 11.1. The fourth-order valence-corrected chi connectivity index (χ4v) is 2.37. The van der Waals surface area contributed by atoms with Gasteiger partial charge in [0, 0.05) is 4.47 Å². The first-order chi connectivity index (χ1) is 8.04. The average Bonchev–Trinajstić information content (AvgIpc) is 2.22. The molecule has 17 heavy (non-hydrogen) atoms. The molecule has 1 aromatic carbocycles. The molecular formula is C12H14BrClO3. The van der Waals surface area contributed by atoms with Crippen molar-refractivity contribution in [3.05, 3.63) is 27.2 Å². The summed E-state index contributed by atoms with van der Waals surface area (Å²) in [4.78, 5) is 11.1. The highest BCUT2D eigenvalue weighted by Crippen LogP contribution is 2.31. The summed E-state index contributed by atoms with van der Waals surface area (Å²) in [6.07, 6.45) is 0.222. The number of halogens is 2. The quantitative estimate of drug-likeness (QED) is 0.775. The summed E-state index contributed by atoms with van der Waals surface area (Å²) >= 11 is 9.39. The van der Waals surface area contributed by atoms with Crippen molar-refractivity contribution in [3.63, 3.8) is 0 Å². The van der Waals surface area contributed by atoms with Crippen molar-refractivity contribution < 1.29 is 14.3 Å². The third kappa shape index (κ3) is 4.56. The molecular weight excluding hydrogens is 307 g/mol. The van der Waals surface area contributed by atoms with Gasteiger partial charge in [-0.3, -0.25) is 4.79 Å². The minimum atomic E-state index is -0.265. The highest BCUT2D eigenvalue weighted by Gasteiger charge is 2.08. The summed E-state index contributed by atoms with van der Waals surface area (Å²) in [5, 5.41) is 0.528. The van der Waals surface area contributed by atoms with Gasteiger partial charge in [-0.05, 0) is 31.5 Å². The van der Waals surface area contributed by atoms with E-state index in [1.54, 1.807) is 13.0 Å². The summed E-state index contributed by atoms with van der Waals surface area (Å²) in [7, 11) is 0. The molecule has 0 atom stereocenters. The molecule has 0 saturated carbocycles. The van der Waals surface area contributed by atoms with Crippen molar-refractivity contribution in [1.29, 1.82) is 0 Å². The Kier molecular flexibility index (Phi) is 5.78. The van der Waals surface area contributed by atoms with Crippen molar-refractivity contribution in [2.75, 3.05) is 13.2 Å². The van der Waals surface area contributed by atoms with Crippen LogP contribution in [0.5, 0.6) is 5.75 Å². The van der Waals surface area contributed by atoms with Crippen LogP contribution in [0.4, 0.5) is 0 Å². The molecule has 3 nitrogen and oxygen atoms in total. The second-order valence-electron chi connectivity index (χ2n) is 3.44. The number of ether oxygens (including phenoxy) is 2. The van der Waals surface area contributed by atoms with Crippen LogP contribution in [0.3, 0.4) is 0 Å². The van der Waals surface area contributed by atoms with Gasteiger partial charge >= 0.3 is 5.97 Å². The van der Waals surface area contributed by atoms with E-state index in [1.165, 1.54) is 0 Å². The number of rotatable bonds is 5. The molecule has 0 unspecified atom stereocenters. The largest absolute Gasteiger partial charge is 0.491 e. The topological polar surface area (TPSA) is 35.5 Å². The molecule has 0 fully saturated rings. The first-order valence-electron chi connectivity index (χ1n) is 5.28. The van der Waals surface area contributed by atoms with Crippen LogP contribution in [0.25, 0.3) is 0 Å². The number of hydrogen-bond donors (Lipinski definition) is 0. The lowest BCUT2D eigenvalue weighted by molar-refractivity contribution is -0.143. The van der Waals surface area contributed by atoms with Gasteiger partial charge in [0.1, 0.15) is 5.75 Å². The molecule has 1 rings (SSSR count). The minimum Gasteiger partial charge on any atom is -0.491 e. The monoisotopic (exact) mass is 320 g/mol. The average molecular weight is 322 g/mol. The van der Waals surface area contributed by atoms with Gasteiger partial charge in [0.25, 0.3) is 0 Å². The Morgan fingerprint density at radius 3 is 2.76 bits per heavy atom. The van der Waals surface area contributed by atoms with Gasteiger partial charge in [0.2, 0.25) is 0 Å². The van der Waals surface area contributed by atoms with Crippen molar-refractivity contribution in [2.24, 2.45) is 0 Å². The number of carbonyl (C=O) groups excluding carboxylic acids is 1. The van der Waals surface area contributed by atoms with Gasteiger partial charge in [-0.2, -0.15) is 0 Å². The predicted octanol–water partition coefficient (Wildman–Crippen LogP) is 3.74. The molecule has 0 bridgehead atoms. The van der Waals surface area contributed by atoms with E-state index in [-0.39, 0.29) is 19.0 Å². The molecule has 0 saturated heterocycles. The van der Waals surface area contributed by atoms with Crippen LogP contribution in [-0.4, -0.2) is 19.2 Å². The van der Waals surface area contributed by atoms with Gasteiger partial charge in [-0.1, -0.05) is 27.5 Å². The SMILES string of the molecule is CCOC(=O)CCOc1c(C)cc(Br)cc1Cl. The van der Waals surface area contributed by atoms with Gasteiger partial charge in [0.05, 0.1) is 24.7 Å². The number of benzene rings is 1. The second-order valence-corrected chi connectivity index (χ2v) is 4.76. The Labute approximate surface area is 114 Å². The number of hydrogen-bond acceptors (Lipinski definition) is 3. The Balaban J connectivity index is 2.55. The summed E-state index contributed by atoms with van der Waals surface area (Å²) in [5.41, 5.74) is 0.924. The maximum atomic E-state index is 11.1. The number of carbonyl (C=O) groups is 1. The Bertz CT molecular complexity index is 384. The summed E-state index contributed by atoms with van der Waals surface area (Å²) in [6.45, 7) is 4.32. The van der Waals surface area contributed by atoms with Gasteiger partial charge < -0.3 is 9.47 Å². The molecule has 0 spiro atoms. The second kappa shape index (κ2) is 6.87. The molecule has 5 heteroatoms. The normalized spacial score (nSPS) is 10.1. The van der Waals surface area contributed by atoms with E-state index in [1.807, 2.05) is 13.0 Å². The third-order valence-electron chi connectivity index (χ3n) is 2.05. The van der Waals surface area contributed by atoms with Crippen molar-refractivity contribution in [1.82, 2.24) is 0 Å². The molecule has 0 heterocycles. The smallest absolute Gasteiger partial charge is 0.309 e. The zero-order valence-corrected chi connectivity index (χ0v) is 12.1. The molecule has 0 radical (unpaired) electrons. The van der Waals surface area contributed by atoms with Crippen LogP contribution >= 0.6 is 27.5 Å². The molecule has 0 N–H and O–H groups in total. The molecule has 0 aromatic heterocycles. The molecule has 0 aliphatic carbocycles. The van der Waals surface area contributed by atoms with Crippen LogP contribution in [0.2, 0.25) is 5.02 Å². The highest BCUT2D eigenvalue weighted by molar-refractivity contribution is 9.10. The van der Waals surface area contributed by atoms with E-state index in [4.69, 9.17) is 21.1 Å². The van der Waals surface area contributed by atoms with Gasteiger partial charge in [-0.25, -0.2) is 0 Å². The third-order valence-corrected chi connectivity index (χ3v) is 2.79. The van der Waals surface area contributed by atoms with Crippen LogP contribution in [-0.2, 0) is 9.53 Å². The number of esters is 1. The van der Waals surface area contributed by atoms with E-state index in [0.717, 1.165) is 10.0 Å². The lowest BCUT2D eigenvalue weighted by atomic mass is 10.2. The van der Waals surface area contributed by atoms with E-state index in [0.29, 0.717) is 17.4 Å². The van der Waals surface area contributed by atoms with Crippen LogP contribution in [0.1, 0.15) is 18.9 Å². The summed E-state index contributed by atoms with van der Waals surface area (Å²) in [5.74, 6) is 0.345.